The Labute approximate surface area is 116 Å². The van der Waals surface area contributed by atoms with Crippen LogP contribution in [0.2, 0.25) is 0 Å². The maximum atomic E-state index is 9.83. The Morgan fingerprint density at radius 2 is 1.89 bits per heavy atom. The number of phenols is 1. The number of aromatic hydroxyl groups is 1. The van der Waals surface area contributed by atoms with Crippen molar-refractivity contribution in [2.45, 2.75) is 32.7 Å². The van der Waals surface area contributed by atoms with Gasteiger partial charge in [0.2, 0.25) is 0 Å². The highest BCUT2D eigenvalue weighted by molar-refractivity contribution is 5.34. The highest BCUT2D eigenvalue weighted by atomic mass is 16.3. The van der Waals surface area contributed by atoms with Gasteiger partial charge in [-0.1, -0.05) is 25.1 Å². The van der Waals surface area contributed by atoms with Crippen molar-refractivity contribution >= 4 is 0 Å². The molecule has 1 fully saturated rings. The lowest BCUT2D eigenvalue weighted by molar-refractivity contribution is 0.278. The molecular weight excluding hydrogens is 236 g/mol. The van der Waals surface area contributed by atoms with E-state index in [-0.39, 0.29) is 6.04 Å². The zero-order valence-electron chi connectivity index (χ0n) is 12.1. The monoisotopic (exact) mass is 262 g/mol. The highest BCUT2D eigenvalue weighted by Crippen LogP contribution is 2.23. The molecule has 0 spiro atoms. The Bertz CT molecular complexity index is 388. The lowest BCUT2D eigenvalue weighted by atomic mass is 10.1. The molecule has 2 N–H and O–H groups in total. The number of phenolic OH excluding ortho intramolecular Hbond substituents is 1. The summed E-state index contributed by atoms with van der Waals surface area (Å²) in [6, 6.07) is 7.77. The first-order valence-electron chi connectivity index (χ1n) is 7.40. The average molecular weight is 262 g/mol. The van der Waals surface area contributed by atoms with Crippen LogP contribution in [-0.4, -0.2) is 36.2 Å². The predicted octanol–water partition coefficient (Wildman–Crippen LogP) is 2.77. The van der Waals surface area contributed by atoms with Crippen LogP contribution in [0.3, 0.4) is 0 Å². The summed E-state index contributed by atoms with van der Waals surface area (Å²) in [4.78, 5) is 2.55. The zero-order chi connectivity index (χ0) is 13.7. The summed E-state index contributed by atoms with van der Waals surface area (Å²) in [5.74, 6) is 1.03. The Morgan fingerprint density at radius 3 is 2.58 bits per heavy atom. The lowest BCUT2D eigenvalue weighted by Crippen LogP contribution is -2.32. The molecule has 1 aromatic rings. The molecule has 3 heteroatoms. The molecule has 1 aromatic carbocycles. The minimum absolute atomic E-state index is 0.197. The molecule has 2 unspecified atom stereocenters. The topological polar surface area (TPSA) is 35.5 Å². The molecule has 2 rings (SSSR count). The zero-order valence-corrected chi connectivity index (χ0v) is 12.1. The maximum Gasteiger partial charge on any atom is 0.120 e. The SMILES string of the molecule is CC(CNC(C)c1ccccc1O)CN1CCCC1. The van der Waals surface area contributed by atoms with E-state index in [4.69, 9.17) is 0 Å². The standard InChI is InChI=1S/C16H26N2O/c1-13(12-18-9-5-6-10-18)11-17-14(2)15-7-3-4-8-16(15)19/h3-4,7-8,13-14,17,19H,5-6,9-12H2,1-2H3. The summed E-state index contributed by atoms with van der Waals surface area (Å²) in [5, 5.41) is 13.4. The third-order valence-electron chi connectivity index (χ3n) is 3.94. The summed E-state index contributed by atoms with van der Waals surface area (Å²) in [6.07, 6.45) is 2.71. The molecule has 0 aromatic heterocycles. The number of para-hydroxylation sites is 1. The highest BCUT2D eigenvalue weighted by Gasteiger charge is 2.16. The molecule has 0 bridgehead atoms. The van der Waals surface area contributed by atoms with Gasteiger partial charge >= 0.3 is 0 Å². The number of nitrogens with one attached hydrogen (secondary N) is 1. The van der Waals surface area contributed by atoms with E-state index in [1.165, 1.54) is 32.5 Å². The van der Waals surface area contributed by atoms with Crippen LogP contribution in [0.4, 0.5) is 0 Å². The van der Waals surface area contributed by atoms with E-state index in [2.05, 4.69) is 24.1 Å². The van der Waals surface area contributed by atoms with Gasteiger partial charge < -0.3 is 15.3 Å². The first-order valence-corrected chi connectivity index (χ1v) is 7.40. The van der Waals surface area contributed by atoms with Gasteiger partial charge in [0.05, 0.1) is 0 Å². The molecule has 1 aliphatic heterocycles. The fourth-order valence-electron chi connectivity index (χ4n) is 2.81. The van der Waals surface area contributed by atoms with Gasteiger partial charge in [0, 0.05) is 18.2 Å². The summed E-state index contributed by atoms with van der Waals surface area (Å²) >= 11 is 0. The second-order valence-electron chi connectivity index (χ2n) is 5.80. The van der Waals surface area contributed by atoms with Crippen molar-refractivity contribution in [3.8, 4) is 5.75 Å². The van der Waals surface area contributed by atoms with Crippen molar-refractivity contribution in [3.05, 3.63) is 29.8 Å². The van der Waals surface area contributed by atoms with Crippen LogP contribution in [0.5, 0.6) is 5.75 Å². The van der Waals surface area contributed by atoms with Crippen molar-refractivity contribution in [3.63, 3.8) is 0 Å². The first-order chi connectivity index (χ1) is 9.16. The number of nitrogens with zero attached hydrogens (tertiary/aromatic N) is 1. The van der Waals surface area contributed by atoms with Gasteiger partial charge in [-0.2, -0.15) is 0 Å². The number of likely N-dealkylation sites (tertiary alicyclic amines) is 1. The van der Waals surface area contributed by atoms with Crippen LogP contribution >= 0.6 is 0 Å². The van der Waals surface area contributed by atoms with Gasteiger partial charge in [-0.3, -0.25) is 0 Å². The van der Waals surface area contributed by atoms with Crippen molar-refractivity contribution in [1.82, 2.24) is 10.2 Å². The third kappa shape index (κ3) is 4.22. The van der Waals surface area contributed by atoms with Crippen molar-refractivity contribution in [2.75, 3.05) is 26.2 Å². The Hall–Kier alpha value is -1.06. The van der Waals surface area contributed by atoms with E-state index >= 15 is 0 Å². The Morgan fingerprint density at radius 1 is 1.21 bits per heavy atom. The van der Waals surface area contributed by atoms with Gasteiger partial charge in [0.25, 0.3) is 0 Å². The lowest BCUT2D eigenvalue weighted by Gasteiger charge is -2.23. The van der Waals surface area contributed by atoms with Crippen LogP contribution in [0.15, 0.2) is 24.3 Å². The van der Waals surface area contributed by atoms with Crippen LogP contribution < -0.4 is 5.32 Å². The molecule has 1 saturated heterocycles. The fraction of sp³-hybridized carbons (Fsp3) is 0.625. The molecule has 19 heavy (non-hydrogen) atoms. The molecule has 3 nitrogen and oxygen atoms in total. The molecular formula is C16H26N2O. The molecule has 0 saturated carbocycles. The Kier molecular flexibility index (Phi) is 5.23. The summed E-state index contributed by atoms with van der Waals surface area (Å²) in [6.45, 7) is 9.10. The van der Waals surface area contributed by atoms with Crippen LogP contribution in [0.25, 0.3) is 0 Å². The van der Waals surface area contributed by atoms with E-state index < -0.39 is 0 Å². The van der Waals surface area contributed by atoms with Gasteiger partial charge in [0.15, 0.2) is 0 Å². The number of benzene rings is 1. The smallest absolute Gasteiger partial charge is 0.120 e. The second kappa shape index (κ2) is 6.92. The quantitative estimate of drug-likeness (QED) is 0.827. The minimum Gasteiger partial charge on any atom is -0.508 e. The fourth-order valence-corrected chi connectivity index (χ4v) is 2.81. The molecule has 0 radical (unpaired) electrons. The van der Waals surface area contributed by atoms with Crippen LogP contribution in [0, 0.1) is 5.92 Å². The number of hydrogen-bond donors (Lipinski definition) is 2. The van der Waals surface area contributed by atoms with E-state index in [0.717, 1.165) is 12.1 Å². The molecule has 2 atom stereocenters. The third-order valence-corrected chi connectivity index (χ3v) is 3.94. The largest absolute Gasteiger partial charge is 0.508 e. The number of rotatable bonds is 6. The van der Waals surface area contributed by atoms with Crippen molar-refractivity contribution in [1.29, 1.82) is 0 Å². The van der Waals surface area contributed by atoms with E-state index in [9.17, 15) is 5.11 Å². The first kappa shape index (κ1) is 14.4. The van der Waals surface area contributed by atoms with Gasteiger partial charge in [-0.25, -0.2) is 0 Å². The normalized spacial score (nSPS) is 19.5. The number of hydrogen-bond acceptors (Lipinski definition) is 3. The summed E-state index contributed by atoms with van der Waals surface area (Å²) < 4.78 is 0. The molecule has 1 heterocycles. The maximum absolute atomic E-state index is 9.83. The van der Waals surface area contributed by atoms with Crippen LogP contribution in [0.1, 0.15) is 38.3 Å². The van der Waals surface area contributed by atoms with Crippen molar-refractivity contribution in [2.24, 2.45) is 5.92 Å². The van der Waals surface area contributed by atoms with E-state index in [1.807, 2.05) is 18.2 Å². The second-order valence-corrected chi connectivity index (χ2v) is 5.80. The molecule has 0 aliphatic carbocycles. The van der Waals surface area contributed by atoms with Gasteiger partial charge in [-0.15, -0.1) is 0 Å². The predicted molar refractivity (Wildman–Crippen MR) is 79.4 cm³/mol. The summed E-state index contributed by atoms with van der Waals surface area (Å²) in [7, 11) is 0. The van der Waals surface area contributed by atoms with Crippen LogP contribution in [-0.2, 0) is 0 Å². The minimum atomic E-state index is 0.197. The average Bonchev–Trinajstić information content (AvgIpc) is 2.89. The summed E-state index contributed by atoms with van der Waals surface area (Å²) in [5.41, 5.74) is 0.982. The molecule has 1 aliphatic rings. The van der Waals surface area contributed by atoms with E-state index in [1.54, 1.807) is 6.07 Å². The van der Waals surface area contributed by atoms with E-state index in [0.29, 0.717) is 11.7 Å². The Balaban J connectivity index is 1.76. The molecule has 0 amide bonds. The van der Waals surface area contributed by atoms with Gasteiger partial charge in [0.1, 0.15) is 5.75 Å². The molecule has 106 valence electrons. The van der Waals surface area contributed by atoms with Gasteiger partial charge in [-0.05, 0) is 51.4 Å². The van der Waals surface area contributed by atoms with Crippen molar-refractivity contribution < 1.29 is 5.11 Å².